The van der Waals surface area contributed by atoms with E-state index >= 15 is 0 Å². The normalized spacial score (nSPS) is 12.1. The summed E-state index contributed by atoms with van der Waals surface area (Å²) in [6, 6.07) is 21.6. The zero-order valence-electron chi connectivity index (χ0n) is 74.6. The second-order valence-electron chi connectivity index (χ2n) is 31.4. The summed E-state index contributed by atoms with van der Waals surface area (Å²) in [6.45, 7) is 6.81. The van der Waals surface area contributed by atoms with Crippen LogP contribution in [-0.4, -0.2) is 212 Å². The summed E-state index contributed by atoms with van der Waals surface area (Å²) >= 11 is 0. The number of nitrogens with zero attached hydrogens (tertiary/aromatic N) is 14. The second kappa shape index (κ2) is 42.0. The van der Waals surface area contributed by atoms with Crippen molar-refractivity contribution in [3.63, 3.8) is 0 Å². The van der Waals surface area contributed by atoms with Crippen molar-refractivity contribution in [3.05, 3.63) is 218 Å². The number of benzene rings is 2. The van der Waals surface area contributed by atoms with Gasteiger partial charge in [-0.2, -0.15) is 10.1 Å². The highest BCUT2D eigenvalue weighted by molar-refractivity contribution is 6.32. The van der Waals surface area contributed by atoms with E-state index in [-0.39, 0.29) is 151 Å². The molecule has 0 fully saturated rings. The Kier molecular flexibility index (Phi) is 30.2. The van der Waals surface area contributed by atoms with Gasteiger partial charge < -0.3 is 119 Å². The van der Waals surface area contributed by atoms with Crippen LogP contribution in [0.5, 0.6) is 0 Å². The molecule has 2 aromatic carbocycles. The maximum absolute atomic E-state index is 13.6. The number of rotatable bonds is 40. The lowest BCUT2D eigenvalue weighted by Gasteiger charge is -2.12. The molecule has 132 heavy (non-hydrogen) atoms. The molecular formula is C88H100N26O18. The molecule has 10 heterocycles. The minimum atomic E-state index is -0.739. The third-order valence-corrected chi connectivity index (χ3v) is 20.8. The smallest absolute Gasteiger partial charge is 0.292 e. The van der Waals surface area contributed by atoms with Crippen LogP contribution in [0.1, 0.15) is 144 Å². The molecule has 0 saturated carbocycles. The number of nitro benzene ring substituents is 1. The molecule has 0 unspecified atom stereocenters. The highest BCUT2D eigenvalue weighted by atomic mass is 16.6. The van der Waals surface area contributed by atoms with Crippen LogP contribution in [0.25, 0.3) is 17.4 Å². The number of aryl methyl sites for hydroxylation is 10. The van der Waals surface area contributed by atoms with Crippen LogP contribution in [-0.2, 0) is 85.0 Å². The van der Waals surface area contributed by atoms with Crippen molar-refractivity contribution in [2.24, 2.45) is 61.5 Å². The standard InChI is InChI=1S/C88H100N26O18/c1-50-32-63(64(114(128)129)33-51(50)2)71-22-21-61(132-71)40-62-52(3)103-113(88(62)127)60-19-17-53(18-20-60)79(118)92-27-29-130-30-31-131-49-76(117)89-26-23-75(116)94-55-35-70(108(9)42-55)85(124)101-72-47-112(13)78(99-72)87(126)102-73-48-111(12)77(100-73)86(125)98-59-37-66(106(7)46-59)80(119)90-24-14-16-74(115)93-54-34-67(107(8)41-54)82(121)96-57-38-69(110(11)44-57)84(123)97-58-39-68(109(10)45-58)83(122)95-56-36-65(105(6)43-56)81(120)91-25-15-28-104(4)5/h17-22,32-48H,14-16,23-31,49H2,1-13H3,(H,89,117)(H,90,119)(H,91,120)(H,92,118)(H,93,115)(H,94,116)(H,95,122)(H,96,121)(H,97,123)(H,98,125)(H,101,124)(H,102,126)/b62-40+. The van der Waals surface area contributed by atoms with Crippen molar-refractivity contribution in [1.82, 2.24) is 72.7 Å². The molecule has 0 atom stereocenters. The first kappa shape index (κ1) is 94.7. The van der Waals surface area contributed by atoms with E-state index in [4.69, 9.17) is 13.9 Å². The molecule has 12 rings (SSSR count). The van der Waals surface area contributed by atoms with E-state index in [9.17, 15) is 72.4 Å². The number of carbonyl (C=O) groups excluding carboxylic acids is 13. The lowest BCUT2D eigenvalue weighted by Crippen LogP contribution is -2.31. The van der Waals surface area contributed by atoms with Crippen LogP contribution in [0.2, 0.25) is 0 Å². The van der Waals surface area contributed by atoms with Crippen LogP contribution in [0, 0.1) is 24.0 Å². The Morgan fingerprint density at radius 3 is 1.36 bits per heavy atom. The molecular weight excluding hydrogens is 1710 g/mol. The Hall–Kier alpha value is -16.4. The molecule has 44 nitrogen and oxygen atoms in total. The second-order valence-corrected chi connectivity index (χ2v) is 31.4. The number of nitro groups is 1. The predicted octanol–water partition coefficient (Wildman–Crippen LogP) is 7.03. The van der Waals surface area contributed by atoms with E-state index in [1.54, 1.807) is 139 Å². The van der Waals surface area contributed by atoms with Gasteiger partial charge in [0.15, 0.2) is 11.6 Å². The van der Waals surface area contributed by atoms with E-state index in [1.165, 1.54) is 114 Å². The summed E-state index contributed by atoms with van der Waals surface area (Å²) in [5, 5.41) is 50.2. The van der Waals surface area contributed by atoms with Crippen LogP contribution in [0.3, 0.4) is 0 Å². The molecule has 44 heteroatoms. The maximum Gasteiger partial charge on any atom is 0.292 e. The number of hydrogen-bond acceptors (Lipinski definition) is 22. The summed E-state index contributed by atoms with van der Waals surface area (Å²) in [4.78, 5) is 194. The molecule has 11 aromatic rings. The minimum absolute atomic E-state index is 0.00310. The molecule has 0 aliphatic carbocycles. The lowest BCUT2D eigenvalue weighted by atomic mass is 10.0. The molecule has 1 aliphatic heterocycles. The fraction of sp³-hybridized carbons (Fsp3) is 0.295. The topological polar surface area (TPSA) is 525 Å². The summed E-state index contributed by atoms with van der Waals surface area (Å²) in [6.07, 6.45) is 14.5. The van der Waals surface area contributed by atoms with Gasteiger partial charge in [0, 0.05) is 157 Å². The average Bonchev–Trinajstić information content (AvgIpc) is 1.65. The van der Waals surface area contributed by atoms with Crippen LogP contribution < -0.4 is 68.8 Å². The Balaban J connectivity index is 0.501. The number of hydrazone groups is 1. The third kappa shape index (κ3) is 23.9. The highest BCUT2D eigenvalue weighted by Crippen LogP contribution is 2.36. The Labute approximate surface area is 754 Å². The van der Waals surface area contributed by atoms with Crippen molar-refractivity contribution in [1.29, 1.82) is 0 Å². The lowest BCUT2D eigenvalue weighted by molar-refractivity contribution is -0.384. The zero-order chi connectivity index (χ0) is 95.1. The van der Waals surface area contributed by atoms with Crippen molar-refractivity contribution in [2.45, 2.75) is 46.5 Å². The van der Waals surface area contributed by atoms with Gasteiger partial charge in [-0.25, -0.2) is 9.97 Å². The number of ether oxygens (including phenoxy) is 2. The SMILES string of the molecule is CC1=NN(c2ccc(C(=O)NCCOCCOCC(=O)NCCC(=O)Nc3cc(C(=O)Nc4cn(C)c(C(=O)Nc5cn(C)c(C(=O)Nc6cc(C(=O)NCCCC(=O)Nc7cc(C(=O)Nc8cc(C(=O)Nc9cc(C(=O)Nc%10cc(C(=O)NCCCN(C)C)n(C)c%10)n(C)c9)n(C)c8)n(C)c7)n(C)c6)n5)n4)n(C)c3)cc2)C(=O)/C1=C/c1ccc(-c2cc(C)c(C)cc2[N+](=O)[O-])o1. The van der Waals surface area contributed by atoms with Crippen LogP contribution in [0.4, 0.5) is 57.1 Å². The van der Waals surface area contributed by atoms with Gasteiger partial charge in [0.05, 0.1) is 81.4 Å². The van der Waals surface area contributed by atoms with Gasteiger partial charge in [-0.05, 0) is 150 Å². The van der Waals surface area contributed by atoms with Gasteiger partial charge in [-0.15, -0.1) is 0 Å². The molecule has 9 aromatic heterocycles. The number of anilines is 9. The van der Waals surface area contributed by atoms with Crippen molar-refractivity contribution in [2.75, 3.05) is 121 Å². The fourth-order valence-corrected chi connectivity index (χ4v) is 14.0. The Morgan fingerprint density at radius 2 is 0.864 bits per heavy atom. The number of amides is 13. The number of carbonyl (C=O) groups is 13. The molecule has 0 spiro atoms. The zero-order valence-corrected chi connectivity index (χ0v) is 74.6. The first-order valence-electron chi connectivity index (χ1n) is 41.4. The maximum atomic E-state index is 13.6. The number of aromatic nitrogens is 10. The Bertz CT molecular complexity index is 6390. The minimum Gasteiger partial charge on any atom is -0.456 e. The molecule has 0 radical (unpaired) electrons. The summed E-state index contributed by atoms with van der Waals surface area (Å²) in [5.74, 6) is -6.21. The third-order valence-electron chi connectivity index (χ3n) is 20.8. The van der Waals surface area contributed by atoms with Gasteiger partial charge in [-0.3, -0.25) is 72.4 Å². The number of hydrogen-bond donors (Lipinski definition) is 12. The van der Waals surface area contributed by atoms with Crippen molar-refractivity contribution >= 4 is 146 Å². The van der Waals surface area contributed by atoms with E-state index in [0.717, 1.165) is 24.1 Å². The van der Waals surface area contributed by atoms with E-state index in [0.29, 0.717) is 63.3 Å². The number of imidazole rings is 2. The van der Waals surface area contributed by atoms with Crippen LogP contribution in [0.15, 0.2) is 150 Å². The summed E-state index contributed by atoms with van der Waals surface area (Å²) in [5.41, 5.74) is 6.40. The molecule has 13 amide bonds. The highest BCUT2D eigenvalue weighted by Gasteiger charge is 2.32. The van der Waals surface area contributed by atoms with Gasteiger partial charge in [0.25, 0.3) is 64.8 Å². The summed E-state index contributed by atoms with van der Waals surface area (Å²) in [7, 11) is 16.7. The van der Waals surface area contributed by atoms with Gasteiger partial charge >= 0.3 is 0 Å². The van der Waals surface area contributed by atoms with E-state index in [1.807, 2.05) is 25.9 Å². The van der Waals surface area contributed by atoms with E-state index in [2.05, 4.69) is 78.9 Å². The molecule has 12 N–H and O–H groups in total. The van der Waals surface area contributed by atoms with Crippen molar-refractivity contribution < 1.29 is 81.1 Å². The quantitative estimate of drug-likeness (QED) is 0.00793. The molecule has 0 saturated heterocycles. The first-order chi connectivity index (χ1) is 62.9. The number of furan rings is 1. The number of nitrogens with one attached hydrogen (secondary N) is 12. The largest absolute Gasteiger partial charge is 0.456 e. The molecule has 690 valence electrons. The van der Waals surface area contributed by atoms with Gasteiger partial charge in [0.2, 0.25) is 29.4 Å². The summed E-state index contributed by atoms with van der Waals surface area (Å²) < 4.78 is 28.8. The Morgan fingerprint density at radius 1 is 0.439 bits per heavy atom. The monoisotopic (exact) mass is 1810 g/mol. The first-order valence-corrected chi connectivity index (χ1v) is 41.4. The molecule has 0 bridgehead atoms. The molecule has 1 aliphatic rings. The average molecular weight is 1810 g/mol. The van der Waals surface area contributed by atoms with Gasteiger partial charge in [-0.1, -0.05) is 0 Å². The van der Waals surface area contributed by atoms with E-state index < -0.39 is 75.8 Å². The van der Waals surface area contributed by atoms with Crippen molar-refractivity contribution in [3.8, 4) is 11.3 Å². The fourth-order valence-electron chi connectivity index (χ4n) is 14.0. The predicted molar refractivity (Wildman–Crippen MR) is 488 cm³/mol. The van der Waals surface area contributed by atoms with Crippen LogP contribution >= 0.6 is 0 Å². The van der Waals surface area contributed by atoms with Gasteiger partial charge in [0.1, 0.15) is 52.3 Å².